The van der Waals surface area contributed by atoms with Gasteiger partial charge in [-0.3, -0.25) is 0 Å². The lowest BCUT2D eigenvalue weighted by atomic mass is 9.85. The second-order valence-electron chi connectivity index (χ2n) is 7.87. The van der Waals surface area contributed by atoms with Gasteiger partial charge < -0.3 is 4.43 Å². The summed E-state index contributed by atoms with van der Waals surface area (Å²) < 4.78 is 6.79. The monoisotopic (exact) mass is 296 g/mol. The first kappa shape index (κ1) is 17.8. The van der Waals surface area contributed by atoms with Crippen LogP contribution in [0.4, 0.5) is 0 Å². The molecule has 0 aliphatic heterocycles. The molecule has 20 heavy (non-hydrogen) atoms. The van der Waals surface area contributed by atoms with E-state index in [1.54, 1.807) is 0 Å². The highest BCUT2D eigenvalue weighted by atomic mass is 28.4. The molecule has 0 aromatic heterocycles. The van der Waals surface area contributed by atoms with Crippen molar-refractivity contribution >= 4 is 8.32 Å². The second kappa shape index (κ2) is 7.15. The number of allylic oxidation sites excluding steroid dienone is 2. The molecular weight excluding hydrogens is 260 g/mol. The van der Waals surface area contributed by atoms with Crippen LogP contribution in [0, 0.1) is 11.8 Å². The second-order valence-corrected chi connectivity index (χ2v) is 13.2. The van der Waals surface area contributed by atoms with E-state index >= 15 is 0 Å². The van der Waals surface area contributed by atoms with Gasteiger partial charge in [0.2, 0.25) is 0 Å². The lowest BCUT2D eigenvalue weighted by molar-refractivity contribution is 0.286. The average molecular weight is 297 g/mol. The topological polar surface area (TPSA) is 9.23 Å². The highest BCUT2D eigenvalue weighted by Gasteiger charge is 2.47. The van der Waals surface area contributed by atoms with Crippen LogP contribution < -0.4 is 0 Å². The fourth-order valence-electron chi connectivity index (χ4n) is 4.11. The van der Waals surface area contributed by atoms with Gasteiger partial charge in [-0.25, -0.2) is 0 Å². The van der Waals surface area contributed by atoms with Crippen molar-refractivity contribution in [2.45, 2.75) is 91.3 Å². The van der Waals surface area contributed by atoms with E-state index in [0.717, 1.165) is 18.3 Å². The van der Waals surface area contributed by atoms with Crippen LogP contribution in [0.3, 0.4) is 0 Å². The molecule has 0 heterocycles. The molecule has 1 nitrogen and oxygen atoms in total. The van der Waals surface area contributed by atoms with Crippen molar-refractivity contribution in [1.82, 2.24) is 0 Å². The zero-order valence-electron chi connectivity index (χ0n) is 15.0. The van der Waals surface area contributed by atoms with E-state index in [2.05, 4.69) is 61.5 Å². The first-order valence-corrected chi connectivity index (χ1v) is 10.7. The maximum absolute atomic E-state index is 6.79. The van der Waals surface area contributed by atoms with Gasteiger partial charge in [0.15, 0.2) is 0 Å². The van der Waals surface area contributed by atoms with Crippen molar-refractivity contribution < 1.29 is 4.43 Å². The van der Waals surface area contributed by atoms with Gasteiger partial charge in [0, 0.05) is 6.42 Å². The van der Waals surface area contributed by atoms with Gasteiger partial charge in [0.25, 0.3) is 8.32 Å². The third-order valence-electron chi connectivity index (χ3n) is 5.37. The molecule has 0 spiro atoms. The summed E-state index contributed by atoms with van der Waals surface area (Å²) >= 11 is 0. The summed E-state index contributed by atoms with van der Waals surface area (Å²) in [5.74, 6) is 2.97. The Morgan fingerprint density at radius 3 is 1.75 bits per heavy atom. The molecule has 0 fully saturated rings. The first-order valence-electron chi connectivity index (χ1n) is 8.59. The smallest absolute Gasteiger partial charge is 0.258 e. The minimum absolute atomic E-state index is 0.672. The Kier molecular flexibility index (Phi) is 6.37. The molecular formula is C18H36OSi. The highest BCUT2D eigenvalue weighted by molar-refractivity contribution is 6.77. The zero-order chi connectivity index (χ0) is 15.5. The molecule has 0 N–H and O–H groups in total. The summed E-state index contributed by atoms with van der Waals surface area (Å²) in [6.07, 6.45) is 6.08. The van der Waals surface area contributed by atoms with Crippen LogP contribution in [0.2, 0.25) is 16.6 Å². The molecule has 1 aliphatic carbocycles. The van der Waals surface area contributed by atoms with Gasteiger partial charge in [0.05, 0.1) is 5.76 Å². The molecule has 0 aromatic carbocycles. The third kappa shape index (κ3) is 3.69. The molecule has 0 radical (unpaired) electrons. The predicted molar refractivity (Wildman–Crippen MR) is 92.4 cm³/mol. The van der Waals surface area contributed by atoms with Crippen molar-refractivity contribution in [3.63, 3.8) is 0 Å². The molecule has 2 heteroatoms. The Labute approximate surface area is 128 Å². The number of hydrogen-bond acceptors (Lipinski definition) is 1. The van der Waals surface area contributed by atoms with Crippen molar-refractivity contribution in [2.75, 3.05) is 0 Å². The van der Waals surface area contributed by atoms with Crippen LogP contribution in [0.25, 0.3) is 0 Å². The fourth-order valence-corrected chi connectivity index (χ4v) is 9.46. The van der Waals surface area contributed by atoms with Gasteiger partial charge in [0.1, 0.15) is 0 Å². The zero-order valence-corrected chi connectivity index (χ0v) is 16.0. The summed E-state index contributed by atoms with van der Waals surface area (Å²) in [5, 5.41) is 0. The van der Waals surface area contributed by atoms with Crippen LogP contribution in [-0.4, -0.2) is 8.32 Å². The molecule has 0 bridgehead atoms. The molecule has 1 aliphatic rings. The maximum atomic E-state index is 6.79. The fraction of sp³-hybridized carbons (Fsp3) is 0.889. The number of hydrogen-bond donors (Lipinski definition) is 0. The summed E-state index contributed by atoms with van der Waals surface area (Å²) in [6, 6.07) is 0. The molecule has 0 aromatic rings. The van der Waals surface area contributed by atoms with Crippen LogP contribution in [-0.2, 0) is 4.43 Å². The average Bonchev–Trinajstić information content (AvgIpc) is 2.35. The van der Waals surface area contributed by atoms with Crippen LogP contribution in [0.5, 0.6) is 0 Å². The lowest BCUT2D eigenvalue weighted by Gasteiger charge is -2.43. The third-order valence-corrected chi connectivity index (χ3v) is 11.4. The van der Waals surface area contributed by atoms with E-state index in [1.165, 1.54) is 18.6 Å². The van der Waals surface area contributed by atoms with Gasteiger partial charge in [-0.1, -0.05) is 55.4 Å². The van der Waals surface area contributed by atoms with Gasteiger partial charge in [-0.15, -0.1) is 0 Å². The van der Waals surface area contributed by atoms with Crippen molar-refractivity contribution in [3.05, 3.63) is 11.8 Å². The standard InChI is InChI=1S/C18H36OSi/c1-13(2)17-9-11-18(12-10-17)19-20(14(3)4,15(5)6)16(7)8/h11,13-17H,9-10,12H2,1-8H3. The van der Waals surface area contributed by atoms with Gasteiger partial charge >= 0.3 is 0 Å². The van der Waals surface area contributed by atoms with Crippen molar-refractivity contribution in [3.8, 4) is 0 Å². The van der Waals surface area contributed by atoms with E-state index in [0.29, 0.717) is 16.6 Å². The Hall–Kier alpha value is -0.243. The molecule has 1 rings (SSSR count). The van der Waals surface area contributed by atoms with E-state index in [-0.39, 0.29) is 0 Å². The molecule has 0 saturated heterocycles. The first-order chi connectivity index (χ1) is 9.21. The summed E-state index contributed by atoms with van der Waals surface area (Å²) in [6.45, 7) is 18.9. The highest BCUT2D eigenvalue weighted by Crippen LogP contribution is 2.45. The normalized spacial score (nSPS) is 21.0. The van der Waals surface area contributed by atoms with Crippen molar-refractivity contribution in [1.29, 1.82) is 0 Å². The summed E-state index contributed by atoms with van der Waals surface area (Å²) in [5.41, 5.74) is 2.02. The Bertz CT molecular complexity index is 307. The minimum atomic E-state index is -1.73. The van der Waals surface area contributed by atoms with E-state index in [9.17, 15) is 0 Å². The maximum Gasteiger partial charge on any atom is 0.258 e. The predicted octanol–water partition coefficient (Wildman–Crippen LogP) is 6.52. The molecule has 1 unspecified atom stereocenters. The van der Waals surface area contributed by atoms with Crippen LogP contribution in [0.1, 0.15) is 74.7 Å². The number of rotatable bonds is 6. The molecule has 0 amide bonds. The SMILES string of the molecule is CC(C)C1CC=C(O[Si](C(C)C)(C(C)C)C(C)C)CC1. The van der Waals surface area contributed by atoms with Gasteiger partial charge in [-0.05, 0) is 47.4 Å². The molecule has 118 valence electrons. The van der Waals surface area contributed by atoms with E-state index < -0.39 is 8.32 Å². The van der Waals surface area contributed by atoms with Crippen molar-refractivity contribution in [2.24, 2.45) is 11.8 Å². The molecule has 0 saturated carbocycles. The Morgan fingerprint density at radius 2 is 1.45 bits per heavy atom. The summed E-state index contributed by atoms with van der Waals surface area (Å²) in [7, 11) is -1.73. The van der Waals surface area contributed by atoms with E-state index in [4.69, 9.17) is 4.43 Å². The van der Waals surface area contributed by atoms with E-state index in [1.807, 2.05) is 0 Å². The molecule has 1 atom stereocenters. The van der Waals surface area contributed by atoms with Crippen LogP contribution in [0.15, 0.2) is 11.8 Å². The lowest BCUT2D eigenvalue weighted by Crippen LogP contribution is -2.47. The quantitative estimate of drug-likeness (QED) is 0.507. The summed E-state index contributed by atoms with van der Waals surface area (Å²) in [4.78, 5) is 0. The Morgan fingerprint density at radius 1 is 0.950 bits per heavy atom. The minimum Gasteiger partial charge on any atom is -0.546 e. The van der Waals surface area contributed by atoms with Gasteiger partial charge in [-0.2, -0.15) is 0 Å². The van der Waals surface area contributed by atoms with Crippen LogP contribution >= 0.6 is 0 Å². The Balaban J connectivity index is 2.87. The largest absolute Gasteiger partial charge is 0.546 e.